The number of aromatic amines is 1. The molecule has 1 heterocycles. The van der Waals surface area contributed by atoms with E-state index in [0.29, 0.717) is 5.39 Å². The lowest BCUT2D eigenvalue weighted by atomic mass is 10.2. The van der Waals surface area contributed by atoms with Gasteiger partial charge >= 0.3 is 6.18 Å². The van der Waals surface area contributed by atoms with Gasteiger partial charge in [-0.1, -0.05) is 18.2 Å². The lowest BCUT2D eigenvalue weighted by Crippen LogP contribution is -2.33. The Morgan fingerprint density at radius 2 is 1.69 bits per heavy atom. The summed E-state index contributed by atoms with van der Waals surface area (Å²) >= 11 is 0. The Morgan fingerprint density at radius 1 is 0.938 bits per heavy atom. The van der Waals surface area contributed by atoms with Gasteiger partial charge in [-0.15, -0.1) is 12.4 Å². The summed E-state index contributed by atoms with van der Waals surface area (Å²) < 4.78 is 71.5. The molecule has 3 aromatic rings. The van der Waals surface area contributed by atoms with Crippen LogP contribution < -0.4 is 20.3 Å². The van der Waals surface area contributed by atoms with Crippen LogP contribution in [0.15, 0.2) is 64.4 Å². The number of sulfonamides is 1. The first kappa shape index (κ1) is 25.7. The number of fused-ring (bicyclic) bond motifs is 1. The van der Waals surface area contributed by atoms with Crippen LogP contribution in [0.3, 0.4) is 0 Å². The molecular formula is C20H21ClF3N3O4S. The van der Waals surface area contributed by atoms with Crippen LogP contribution in [-0.4, -0.2) is 39.6 Å². The molecule has 0 atom stereocenters. The second-order valence-corrected chi connectivity index (χ2v) is 8.25. The first-order valence-corrected chi connectivity index (χ1v) is 10.8. The number of rotatable bonds is 9. The highest BCUT2D eigenvalue weighted by Gasteiger charge is 2.33. The van der Waals surface area contributed by atoms with E-state index < -0.39 is 21.8 Å². The molecule has 0 saturated heterocycles. The maximum atomic E-state index is 12.9. The third-order valence-corrected chi connectivity index (χ3v) is 5.91. The van der Waals surface area contributed by atoms with Crippen LogP contribution in [0, 0.1) is 0 Å². The molecule has 3 rings (SSSR count). The Kier molecular flexibility index (Phi) is 8.67. The van der Waals surface area contributed by atoms with Gasteiger partial charge in [0.2, 0.25) is 10.0 Å². The number of pyridine rings is 1. The quantitative estimate of drug-likeness (QED) is 0.400. The van der Waals surface area contributed by atoms with Gasteiger partial charge in [-0.3, -0.25) is 4.79 Å². The van der Waals surface area contributed by atoms with E-state index in [4.69, 9.17) is 4.74 Å². The summed E-state index contributed by atoms with van der Waals surface area (Å²) in [5.74, 6) is -0.261. The highest BCUT2D eigenvalue weighted by molar-refractivity contribution is 7.89. The van der Waals surface area contributed by atoms with Crippen LogP contribution in [0.1, 0.15) is 5.56 Å². The van der Waals surface area contributed by atoms with Crippen molar-refractivity contribution in [1.82, 2.24) is 15.0 Å². The molecule has 0 aliphatic heterocycles. The largest absolute Gasteiger partial charge is 0.492 e. The van der Waals surface area contributed by atoms with Gasteiger partial charge in [0.25, 0.3) is 5.56 Å². The van der Waals surface area contributed by atoms with Gasteiger partial charge in [0.05, 0.1) is 10.5 Å². The number of halogens is 4. The molecule has 0 radical (unpaired) electrons. The van der Waals surface area contributed by atoms with Crippen LogP contribution >= 0.6 is 12.4 Å². The summed E-state index contributed by atoms with van der Waals surface area (Å²) in [6.45, 7) is 0.472. The van der Waals surface area contributed by atoms with E-state index in [2.05, 4.69) is 15.0 Å². The molecule has 12 heteroatoms. The highest BCUT2D eigenvalue weighted by atomic mass is 35.5. The fourth-order valence-electron chi connectivity index (χ4n) is 2.96. The van der Waals surface area contributed by atoms with Crippen LogP contribution in [0.25, 0.3) is 10.8 Å². The first-order valence-electron chi connectivity index (χ1n) is 9.30. The minimum absolute atomic E-state index is 0. The molecule has 0 aliphatic carbocycles. The Balaban J connectivity index is 0.00000363. The number of nitrogens with one attached hydrogen (secondary N) is 3. The van der Waals surface area contributed by atoms with Crippen molar-refractivity contribution in [3.05, 3.63) is 70.6 Å². The molecule has 7 nitrogen and oxygen atoms in total. The molecule has 0 amide bonds. The average molecular weight is 492 g/mol. The fraction of sp³-hybridized carbons (Fsp3) is 0.250. The van der Waals surface area contributed by atoms with Crippen molar-refractivity contribution in [2.45, 2.75) is 11.1 Å². The number of aromatic nitrogens is 1. The number of alkyl halides is 3. The van der Waals surface area contributed by atoms with Gasteiger partial charge in [-0.2, -0.15) is 13.2 Å². The standard InChI is InChI=1S/C20H20F3N3O4S.ClH/c21-20(22,23)16-5-1-2-6-17(16)30-13-12-24-10-11-26-31(28,29)18-7-3-4-15-14(18)8-9-25-19(15)27;/h1-9,24,26H,10-13H2,(H,25,27);1H. The molecule has 1 aromatic heterocycles. The molecule has 0 saturated carbocycles. The van der Waals surface area contributed by atoms with E-state index in [9.17, 15) is 26.4 Å². The minimum Gasteiger partial charge on any atom is -0.492 e. The highest BCUT2D eigenvalue weighted by Crippen LogP contribution is 2.35. The normalized spacial score (nSPS) is 11.8. The van der Waals surface area contributed by atoms with Crippen LogP contribution in [0.4, 0.5) is 13.2 Å². The molecule has 3 N–H and O–H groups in total. The van der Waals surface area contributed by atoms with Crippen molar-refractivity contribution in [2.24, 2.45) is 0 Å². The smallest absolute Gasteiger partial charge is 0.419 e. The van der Waals surface area contributed by atoms with Crippen LogP contribution in [-0.2, 0) is 16.2 Å². The molecule has 174 valence electrons. The Bertz CT molecular complexity index is 1220. The number of hydrogen-bond donors (Lipinski definition) is 3. The Morgan fingerprint density at radius 3 is 2.44 bits per heavy atom. The van der Waals surface area contributed by atoms with Gasteiger partial charge in [0, 0.05) is 36.6 Å². The molecule has 0 bridgehead atoms. The number of hydrogen-bond acceptors (Lipinski definition) is 5. The molecular weight excluding hydrogens is 471 g/mol. The van der Waals surface area contributed by atoms with Crippen molar-refractivity contribution >= 4 is 33.2 Å². The summed E-state index contributed by atoms with van der Waals surface area (Å²) in [5.41, 5.74) is -1.24. The van der Waals surface area contributed by atoms with Crippen molar-refractivity contribution in [3.8, 4) is 5.75 Å². The van der Waals surface area contributed by atoms with Gasteiger partial charge in [0.1, 0.15) is 12.4 Å². The lowest BCUT2D eigenvalue weighted by Gasteiger charge is -2.14. The zero-order valence-corrected chi connectivity index (χ0v) is 18.2. The lowest BCUT2D eigenvalue weighted by molar-refractivity contribution is -0.138. The first-order chi connectivity index (χ1) is 14.7. The van der Waals surface area contributed by atoms with Crippen LogP contribution in [0.5, 0.6) is 5.75 Å². The number of H-pyrrole nitrogens is 1. The van der Waals surface area contributed by atoms with Crippen molar-refractivity contribution < 1.29 is 26.3 Å². The average Bonchev–Trinajstić information content (AvgIpc) is 2.72. The van der Waals surface area contributed by atoms with E-state index in [-0.39, 0.29) is 60.2 Å². The van der Waals surface area contributed by atoms with E-state index in [1.165, 1.54) is 48.7 Å². The van der Waals surface area contributed by atoms with Gasteiger partial charge in [-0.25, -0.2) is 13.1 Å². The number of ether oxygens (including phenoxy) is 1. The Hall–Kier alpha value is -2.60. The third-order valence-electron chi connectivity index (χ3n) is 4.39. The summed E-state index contributed by atoms with van der Waals surface area (Å²) in [6, 6.07) is 10.9. The molecule has 0 fully saturated rings. The zero-order valence-electron chi connectivity index (χ0n) is 16.6. The van der Waals surface area contributed by atoms with Crippen molar-refractivity contribution in [2.75, 3.05) is 26.2 Å². The second kappa shape index (κ2) is 10.8. The Labute approximate surface area is 188 Å². The predicted octanol–water partition coefficient (Wildman–Crippen LogP) is 2.92. The topological polar surface area (TPSA) is 100 Å². The molecule has 32 heavy (non-hydrogen) atoms. The molecule has 2 aromatic carbocycles. The summed E-state index contributed by atoms with van der Waals surface area (Å²) in [5, 5.41) is 3.47. The van der Waals surface area contributed by atoms with Gasteiger partial charge in [0.15, 0.2) is 0 Å². The van der Waals surface area contributed by atoms with Crippen molar-refractivity contribution in [3.63, 3.8) is 0 Å². The monoisotopic (exact) mass is 491 g/mol. The maximum Gasteiger partial charge on any atom is 0.419 e. The van der Waals surface area contributed by atoms with E-state index in [0.717, 1.165) is 6.07 Å². The second-order valence-electron chi connectivity index (χ2n) is 6.51. The number of benzene rings is 2. The van der Waals surface area contributed by atoms with Gasteiger partial charge in [-0.05, 0) is 30.3 Å². The van der Waals surface area contributed by atoms with Crippen molar-refractivity contribution in [1.29, 1.82) is 0 Å². The SMILES string of the molecule is Cl.O=c1[nH]ccc2c(S(=O)(=O)NCCNCCOc3ccccc3C(F)(F)F)cccc12. The van der Waals surface area contributed by atoms with E-state index in [1.807, 2.05) is 0 Å². The summed E-state index contributed by atoms with van der Waals surface area (Å²) in [7, 11) is -3.86. The zero-order chi connectivity index (χ0) is 22.5. The fourth-order valence-corrected chi connectivity index (χ4v) is 4.21. The molecule has 0 unspecified atom stereocenters. The summed E-state index contributed by atoms with van der Waals surface area (Å²) in [6.07, 6.45) is -3.13. The molecule has 0 aliphatic rings. The third kappa shape index (κ3) is 6.22. The summed E-state index contributed by atoms with van der Waals surface area (Å²) in [4.78, 5) is 14.3. The minimum atomic E-state index is -4.51. The predicted molar refractivity (Wildman–Crippen MR) is 117 cm³/mol. The maximum absolute atomic E-state index is 12.9. The number of para-hydroxylation sites is 1. The van der Waals surface area contributed by atoms with Gasteiger partial charge < -0.3 is 15.0 Å². The molecule has 0 spiro atoms. The van der Waals surface area contributed by atoms with E-state index in [1.54, 1.807) is 0 Å². The van der Waals surface area contributed by atoms with Crippen LogP contribution in [0.2, 0.25) is 0 Å². The van der Waals surface area contributed by atoms with E-state index >= 15 is 0 Å².